The topological polar surface area (TPSA) is 91.6 Å². The van der Waals surface area contributed by atoms with Crippen molar-refractivity contribution in [2.45, 2.75) is 26.3 Å². The highest BCUT2D eigenvalue weighted by molar-refractivity contribution is 14.0. The minimum Gasteiger partial charge on any atom is -0.444 e. The van der Waals surface area contributed by atoms with Gasteiger partial charge in [-0.1, -0.05) is 18.2 Å². The zero-order valence-corrected chi connectivity index (χ0v) is 17.7. The van der Waals surface area contributed by atoms with Crippen LogP contribution < -0.4 is 16.0 Å². The molecule has 1 saturated carbocycles. The van der Waals surface area contributed by atoms with Crippen LogP contribution in [-0.4, -0.2) is 36.5 Å². The number of nitrogens with one attached hydrogen (secondary N) is 3. The maximum Gasteiger partial charge on any atom is 0.226 e. The smallest absolute Gasteiger partial charge is 0.226 e. The molecule has 27 heavy (non-hydrogen) atoms. The van der Waals surface area contributed by atoms with E-state index in [0.717, 1.165) is 30.6 Å². The molecule has 3 N–H and O–H groups in total. The van der Waals surface area contributed by atoms with Crippen LogP contribution in [0.15, 0.2) is 46.0 Å². The number of carbonyl (C=O) groups is 1. The molecule has 0 atom stereocenters. The molecule has 1 aromatic carbocycles. The molecule has 1 amide bonds. The van der Waals surface area contributed by atoms with E-state index < -0.39 is 0 Å². The van der Waals surface area contributed by atoms with Gasteiger partial charge in [-0.15, -0.1) is 24.0 Å². The number of hydrogen-bond donors (Lipinski definition) is 3. The maximum absolute atomic E-state index is 11.6. The summed E-state index contributed by atoms with van der Waals surface area (Å²) in [5.41, 5.74) is 1.71. The summed E-state index contributed by atoms with van der Waals surface area (Å²) >= 11 is 0. The van der Waals surface area contributed by atoms with E-state index in [2.05, 4.69) is 25.9 Å². The Balaban J connectivity index is 0.00000261. The standard InChI is InChI=1S/C19H25N5O2.HI/c1-2-20-19(22-11-10-21-17(25)14-8-9-14)23-12-16-13-26-18(24-16)15-6-4-3-5-7-15;/h3-7,13-14H,2,8-12H2,1H3,(H,21,25)(H2,20,22,23);1H. The van der Waals surface area contributed by atoms with E-state index in [9.17, 15) is 4.79 Å². The van der Waals surface area contributed by atoms with Crippen LogP contribution >= 0.6 is 24.0 Å². The monoisotopic (exact) mass is 483 g/mol. The number of guanidine groups is 1. The van der Waals surface area contributed by atoms with Gasteiger partial charge >= 0.3 is 0 Å². The van der Waals surface area contributed by atoms with Gasteiger partial charge in [-0.2, -0.15) is 0 Å². The Labute approximate surface area is 176 Å². The van der Waals surface area contributed by atoms with Gasteiger partial charge in [0, 0.05) is 31.1 Å². The van der Waals surface area contributed by atoms with Gasteiger partial charge in [-0.05, 0) is 31.9 Å². The Hall–Kier alpha value is -2.10. The molecule has 0 radical (unpaired) electrons. The number of nitrogens with zero attached hydrogens (tertiary/aromatic N) is 2. The van der Waals surface area contributed by atoms with E-state index in [1.165, 1.54) is 0 Å². The number of carbonyl (C=O) groups excluding carboxylic acids is 1. The number of hydrogen-bond acceptors (Lipinski definition) is 4. The first kappa shape index (κ1) is 21.2. The fourth-order valence-electron chi connectivity index (χ4n) is 2.45. The molecule has 8 heteroatoms. The van der Waals surface area contributed by atoms with E-state index in [4.69, 9.17) is 4.42 Å². The van der Waals surface area contributed by atoms with Gasteiger partial charge in [0.1, 0.15) is 12.0 Å². The Kier molecular flexibility index (Phi) is 8.56. The summed E-state index contributed by atoms with van der Waals surface area (Å²) < 4.78 is 5.53. The molecule has 1 aliphatic rings. The van der Waals surface area contributed by atoms with Crippen molar-refractivity contribution in [1.29, 1.82) is 0 Å². The SMILES string of the molecule is CCNC(=NCc1coc(-c2ccccc2)n1)NCCNC(=O)C1CC1.I. The van der Waals surface area contributed by atoms with Crippen LogP contribution in [-0.2, 0) is 11.3 Å². The lowest BCUT2D eigenvalue weighted by atomic mass is 10.2. The first-order valence-electron chi connectivity index (χ1n) is 9.06. The molecule has 0 aliphatic heterocycles. The van der Waals surface area contributed by atoms with Gasteiger partial charge in [-0.25, -0.2) is 9.98 Å². The predicted molar refractivity (Wildman–Crippen MR) is 116 cm³/mol. The van der Waals surface area contributed by atoms with Crippen LogP contribution in [0.25, 0.3) is 11.5 Å². The summed E-state index contributed by atoms with van der Waals surface area (Å²) in [6.07, 6.45) is 3.67. The van der Waals surface area contributed by atoms with Crippen molar-refractivity contribution in [1.82, 2.24) is 20.9 Å². The van der Waals surface area contributed by atoms with Crippen molar-refractivity contribution in [3.05, 3.63) is 42.3 Å². The van der Waals surface area contributed by atoms with Gasteiger partial charge in [0.25, 0.3) is 0 Å². The first-order chi connectivity index (χ1) is 12.8. The van der Waals surface area contributed by atoms with Crippen molar-refractivity contribution < 1.29 is 9.21 Å². The third kappa shape index (κ3) is 6.85. The van der Waals surface area contributed by atoms with E-state index in [-0.39, 0.29) is 35.8 Å². The highest BCUT2D eigenvalue weighted by Gasteiger charge is 2.28. The first-order valence-corrected chi connectivity index (χ1v) is 9.06. The minimum atomic E-state index is 0. The summed E-state index contributed by atoms with van der Waals surface area (Å²) in [6, 6.07) is 9.78. The summed E-state index contributed by atoms with van der Waals surface area (Å²) in [7, 11) is 0. The third-order valence-corrected chi connectivity index (χ3v) is 3.98. The molecule has 0 spiro atoms. The fraction of sp³-hybridized carbons (Fsp3) is 0.421. The number of aliphatic imine (C=N–C) groups is 1. The number of amides is 1. The van der Waals surface area contributed by atoms with Crippen LogP contribution in [0.1, 0.15) is 25.5 Å². The molecule has 146 valence electrons. The van der Waals surface area contributed by atoms with Crippen molar-refractivity contribution in [2.75, 3.05) is 19.6 Å². The molecular formula is C19H26IN5O2. The number of oxazole rings is 1. The Morgan fingerprint density at radius 1 is 1.19 bits per heavy atom. The molecule has 1 aromatic heterocycles. The highest BCUT2D eigenvalue weighted by atomic mass is 127. The molecule has 1 heterocycles. The zero-order chi connectivity index (χ0) is 18.2. The molecule has 7 nitrogen and oxygen atoms in total. The molecule has 0 saturated heterocycles. The molecule has 0 bridgehead atoms. The van der Waals surface area contributed by atoms with Crippen LogP contribution in [0.5, 0.6) is 0 Å². The van der Waals surface area contributed by atoms with Gasteiger partial charge in [0.05, 0.1) is 6.54 Å². The summed E-state index contributed by atoms with van der Waals surface area (Å²) in [6.45, 7) is 4.39. The van der Waals surface area contributed by atoms with E-state index in [0.29, 0.717) is 31.5 Å². The second-order valence-electron chi connectivity index (χ2n) is 6.20. The Morgan fingerprint density at radius 2 is 1.93 bits per heavy atom. The van der Waals surface area contributed by atoms with Crippen LogP contribution in [0.3, 0.4) is 0 Å². The molecule has 1 aliphatic carbocycles. The molecule has 3 rings (SSSR count). The lowest BCUT2D eigenvalue weighted by Gasteiger charge is -2.11. The van der Waals surface area contributed by atoms with Gasteiger partial charge in [-0.3, -0.25) is 4.79 Å². The highest BCUT2D eigenvalue weighted by Crippen LogP contribution is 2.28. The quantitative estimate of drug-likeness (QED) is 0.232. The normalized spacial score (nSPS) is 13.6. The lowest BCUT2D eigenvalue weighted by molar-refractivity contribution is -0.122. The van der Waals surface area contributed by atoms with E-state index in [1.54, 1.807) is 6.26 Å². The van der Waals surface area contributed by atoms with E-state index in [1.807, 2.05) is 37.3 Å². The third-order valence-electron chi connectivity index (χ3n) is 3.98. The largest absolute Gasteiger partial charge is 0.444 e. The zero-order valence-electron chi connectivity index (χ0n) is 15.4. The van der Waals surface area contributed by atoms with Crippen molar-refractivity contribution in [2.24, 2.45) is 10.9 Å². The molecular weight excluding hydrogens is 457 g/mol. The molecule has 1 fully saturated rings. The lowest BCUT2D eigenvalue weighted by Crippen LogP contribution is -2.41. The van der Waals surface area contributed by atoms with Crippen LogP contribution in [0.4, 0.5) is 0 Å². The Bertz CT molecular complexity index is 744. The van der Waals surface area contributed by atoms with Crippen LogP contribution in [0.2, 0.25) is 0 Å². The van der Waals surface area contributed by atoms with E-state index >= 15 is 0 Å². The summed E-state index contributed by atoms with van der Waals surface area (Å²) in [4.78, 5) is 20.6. The second-order valence-corrected chi connectivity index (χ2v) is 6.20. The Morgan fingerprint density at radius 3 is 2.63 bits per heavy atom. The van der Waals surface area contributed by atoms with Crippen molar-refractivity contribution >= 4 is 35.8 Å². The average Bonchev–Trinajstić information content (AvgIpc) is 3.42. The van der Waals surface area contributed by atoms with Gasteiger partial charge < -0.3 is 20.4 Å². The summed E-state index contributed by atoms with van der Waals surface area (Å²) in [5, 5.41) is 9.32. The molecule has 0 unspecified atom stereocenters. The predicted octanol–water partition coefficient (Wildman–Crippen LogP) is 2.54. The number of aromatic nitrogens is 1. The fourth-order valence-corrected chi connectivity index (χ4v) is 2.45. The average molecular weight is 483 g/mol. The van der Waals surface area contributed by atoms with Gasteiger partial charge in [0.15, 0.2) is 5.96 Å². The van der Waals surface area contributed by atoms with Crippen molar-refractivity contribution in [3.63, 3.8) is 0 Å². The summed E-state index contributed by atoms with van der Waals surface area (Å²) in [5.74, 6) is 1.68. The van der Waals surface area contributed by atoms with Crippen molar-refractivity contribution in [3.8, 4) is 11.5 Å². The number of rotatable bonds is 8. The van der Waals surface area contributed by atoms with Crippen LogP contribution in [0, 0.1) is 5.92 Å². The molecule has 2 aromatic rings. The minimum absolute atomic E-state index is 0. The maximum atomic E-state index is 11.6. The van der Waals surface area contributed by atoms with Gasteiger partial charge in [0.2, 0.25) is 11.8 Å². The second kappa shape index (κ2) is 10.9. The number of benzene rings is 1. The number of halogens is 1.